The summed E-state index contributed by atoms with van der Waals surface area (Å²) in [7, 11) is 1.84. The summed E-state index contributed by atoms with van der Waals surface area (Å²) in [5.41, 5.74) is 1.25. The molecule has 3 unspecified atom stereocenters. The van der Waals surface area contributed by atoms with Gasteiger partial charge in [-0.3, -0.25) is 4.90 Å². The van der Waals surface area contributed by atoms with E-state index in [1.165, 1.54) is 30.5 Å². The molecule has 5 fully saturated rings. The minimum Gasteiger partial charge on any atom is -0.504 e. The fourth-order valence-corrected chi connectivity index (χ4v) is 9.88. The lowest BCUT2D eigenvalue weighted by Gasteiger charge is -2.75. The Balaban J connectivity index is 1.41. The van der Waals surface area contributed by atoms with Crippen LogP contribution in [0.3, 0.4) is 0 Å². The van der Waals surface area contributed by atoms with E-state index in [-0.39, 0.29) is 28.6 Å². The van der Waals surface area contributed by atoms with Gasteiger partial charge in [0.2, 0.25) is 0 Å². The van der Waals surface area contributed by atoms with Gasteiger partial charge in [0.1, 0.15) is 11.7 Å². The lowest BCUT2D eigenvalue weighted by Crippen LogP contribution is -2.82. The highest BCUT2D eigenvalue weighted by molar-refractivity contribution is 5.63. The van der Waals surface area contributed by atoms with E-state index >= 15 is 0 Å². The van der Waals surface area contributed by atoms with Crippen molar-refractivity contribution in [2.45, 2.75) is 107 Å². The lowest BCUT2D eigenvalue weighted by molar-refractivity contribution is -0.303. The van der Waals surface area contributed by atoms with E-state index in [0.717, 1.165) is 63.2 Å². The number of hydrogen-bond acceptors (Lipinski definition) is 5. The first kappa shape index (κ1) is 22.9. The molecule has 0 aromatic heterocycles. The molecular formula is C30H43NO4. The Kier molecular flexibility index (Phi) is 4.68. The lowest BCUT2D eigenvalue weighted by atomic mass is 9.33. The number of rotatable bonds is 7. The number of phenols is 1. The van der Waals surface area contributed by atoms with E-state index in [4.69, 9.17) is 9.47 Å². The number of ether oxygens (including phenoxy) is 2. The maximum atomic E-state index is 12.1. The van der Waals surface area contributed by atoms with Crippen molar-refractivity contribution in [2.75, 3.05) is 20.2 Å². The largest absolute Gasteiger partial charge is 0.504 e. The first-order valence-corrected chi connectivity index (χ1v) is 14.2. The maximum absolute atomic E-state index is 12.1. The average molecular weight is 482 g/mol. The summed E-state index contributed by atoms with van der Waals surface area (Å²) in [5.74, 6) is 2.43. The van der Waals surface area contributed by atoms with Crippen LogP contribution in [-0.4, -0.2) is 58.7 Å². The highest BCUT2D eigenvalue weighted by Gasteiger charge is 2.81. The summed E-state index contributed by atoms with van der Waals surface area (Å²) >= 11 is 0. The van der Waals surface area contributed by atoms with Crippen LogP contribution in [0, 0.1) is 23.2 Å². The molecule has 0 amide bonds. The van der Waals surface area contributed by atoms with E-state index < -0.39 is 11.2 Å². The van der Waals surface area contributed by atoms with Crippen LogP contribution in [0.4, 0.5) is 0 Å². The van der Waals surface area contributed by atoms with Gasteiger partial charge in [-0.2, -0.15) is 0 Å². The van der Waals surface area contributed by atoms with Gasteiger partial charge in [0.05, 0.1) is 5.60 Å². The van der Waals surface area contributed by atoms with E-state index in [1.807, 2.05) is 13.2 Å². The number of phenolic OH excluding ortho intramolecular Hbond substituents is 1. The third kappa shape index (κ3) is 2.71. The zero-order valence-corrected chi connectivity index (χ0v) is 22.0. The van der Waals surface area contributed by atoms with Crippen molar-refractivity contribution in [1.29, 1.82) is 0 Å². The molecule has 4 saturated carbocycles. The van der Waals surface area contributed by atoms with Gasteiger partial charge in [-0.15, -0.1) is 0 Å². The van der Waals surface area contributed by atoms with Gasteiger partial charge in [0.15, 0.2) is 11.5 Å². The topological polar surface area (TPSA) is 62.2 Å². The monoisotopic (exact) mass is 481 g/mol. The van der Waals surface area contributed by atoms with Crippen LogP contribution in [-0.2, 0) is 16.6 Å². The van der Waals surface area contributed by atoms with E-state index in [2.05, 4.69) is 31.7 Å². The molecule has 2 N–H and O–H groups in total. The molecule has 5 heteroatoms. The highest BCUT2D eigenvalue weighted by Crippen LogP contribution is 2.77. The van der Waals surface area contributed by atoms with Gasteiger partial charge in [0, 0.05) is 42.0 Å². The van der Waals surface area contributed by atoms with Gasteiger partial charge in [-0.05, 0) is 94.7 Å². The molecule has 1 aromatic rings. The molecule has 8 rings (SSSR count). The quantitative estimate of drug-likeness (QED) is 0.586. The molecule has 7 aliphatic rings. The van der Waals surface area contributed by atoms with Gasteiger partial charge < -0.3 is 19.7 Å². The van der Waals surface area contributed by atoms with Crippen molar-refractivity contribution in [3.05, 3.63) is 23.3 Å². The molecule has 7 atom stereocenters. The number of piperidine rings is 1. The minimum atomic E-state index is -0.814. The second-order valence-electron chi connectivity index (χ2n) is 13.7. The van der Waals surface area contributed by atoms with Crippen LogP contribution in [0.25, 0.3) is 0 Å². The molecule has 2 aliphatic heterocycles. The molecule has 5 aliphatic carbocycles. The standard InChI is InChI=1S/C30H43NO4/c1-18(2)9-10-27(3,33)22-16-28-11-12-30(22,34-4)26-29(28)13-14-31(17-19-5-6-19)23(28)15-20-7-8-21(32)25(35-26)24(20)29/h7-8,18-19,22-23,26,32-33H,5-6,9-17H2,1-4H3/t22?,23-,26-,27?,28?,29+,30-/m1/s1. The number of hydrogen-bond donors (Lipinski definition) is 2. The highest BCUT2D eigenvalue weighted by atomic mass is 16.6. The first-order chi connectivity index (χ1) is 16.7. The molecule has 2 spiro atoms. The van der Waals surface area contributed by atoms with Crippen LogP contribution >= 0.6 is 0 Å². The second kappa shape index (κ2) is 7.17. The van der Waals surface area contributed by atoms with Crippen LogP contribution in [0.2, 0.25) is 0 Å². The number of nitrogens with zero attached hydrogens (tertiary/aromatic N) is 1. The first-order valence-electron chi connectivity index (χ1n) is 14.2. The van der Waals surface area contributed by atoms with Crippen molar-refractivity contribution >= 4 is 0 Å². The summed E-state index contributed by atoms with van der Waals surface area (Å²) in [4.78, 5) is 2.83. The Hall–Kier alpha value is -1.30. The number of methoxy groups -OCH3 is 1. The van der Waals surface area contributed by atoms with E-state index in [9.17, 15) is 10.2 Å². The fourth-order valence-electron chi connectivity index (χ4n) is 9.88. The van der Waals surface area contributed by atoms with E-state index in [1.54, 1.807) is 0 Å². The van der Waals surface area contributed by atoms with Crippen molar-refractivity contribution in [3.8, 4) is 11.5 Å². The van der Waals surface area contributed by atoms with Gasteiger partial charge in [-0.25, -0.2) is 0 Å². The molecule has 5 nitrogen and oxygen atoms in total. The van der Waals surface area contributed by atoms with Gasteiger partial charge in [0.25, 0.3) is 0 Å². The Morgan fingerprint density at radius 2 is 2.03 bits per heavy atom. The van der Waals surface area contributed by atoms with Crippen LogP contribution in [0.5, 0.6) is 11.5 Å². The Morgan fingerprint density at radius 3 is 2.74 bits per heavy atom. The molecule has 1 saturated heterocycles. The van der Waals surface area contributed by atoms with Crippen molar-refractivity contribution in [2.24, 2.45) is 23.2 Å². The van der Waals surface area contributed by atoms with Crippen LogP contribution < -0.4 is 4.74 Å². The summed E-state index contributed by atoms with van der Waals surface area (Å²) < 4.78 is 13.5. The number of likely N-dealkylation sites (tertiary alicyclic amines) is 1. The number of fused-ring (bicyclic) bond motifs is 2. The van der Waals surface area contributed by atoms with Gasteiger partial charge in [-0.1, -0.05) is 19.9 Å². The number of benzene rings is 1. The Labute approximate surface area is 210 Å². The molecule has 2 heterocycles. The predicted molar refractivity (Wildman–Crippen MR) is 135 cm³/mol. The third-order valence-corrected chi connectivity index (χ3v) is 11.6. The smallest absolute Gasteiger partial charge is 0.165 e. The SMILES string of the molecule is CO[C@]12CCC3(CC1C(C)(O)CCC(C)C)[C@H]1Cc4ccc(O)c5c4[C@@]3(CCN1CC1CC1)[C@H]2O5. The molecular weight excluding hydrogens is 438 g/mol. The third-order valence-electron chi connectivity index (χ3n) is 11.6. The summed E-state index contributed by atoms with van der Waals surface area (Å²) in [6.45, 7) is 8.87. The molecule has 192 valence electrons. The van der Waals surface area contributed by atoms with Crippen molar-refractivity contribution in [1.82, 2.24) is 4.90 Å². The Morgan fingerprint density at radius 1 is 1.23 bits per heavy atom. The zero-order valence-electron chi connectivity index (χ0n) is 22.0. The predicted octanol–water partition coefficient (Wildman–Crippen LogP) is 4.80. The fraction of sp³-hybridized carbons (Fsp3) is 0.800. The molecule has 1 aromatic carbocycles. The number of aliphatic hydroxyl groups is 1. The maximum Gasteiger partial charge on any atom is 0.165 e. The number of aromatic hydroxyl groups is 1. The van der Waals surface area contributed by atoms with E-state index in [0.29, 0.717) is 12.0 Å². The van der Waals surface area contributed by atoms with Gasteiger partial charge >= 0.3 is 0 Å². The summed E-state index contributed by atoms with van der Waals surface area (Å²) in [5, 5.41) is 23.1. The zero-order chi connectivity index (χ0) is 24.4. The summed E-state index contributed by atoms with van der Waals surface area (Å²) in [6.07, 6.45) is 9.55. The second-order valence-corrected chi connectivity index (χ2v) is 13.7. The van der Waals surface area contributed by atoms with Crippen molar-refractivity contribution < 1.29 is 19.7 Å². The molecule has 35 heavy (non-hydrogen) atoms. The van der Waals surface area contributed by atoms with Crippen molar-refractivity contribution in [3.63, 3.8) is 0 Å². The normalized spacial score (nSPS) is 42.6. The molecule has 4 bridgehead atoms. The van der Waals surface area contributed by atoms with Crippen LogP contribution in [0.1, 0.15) is 83.3 Å². The minimum absolute atomic E-state index is 0.0204. The average Bonchev–Trinajstić information content (AvgIpc) is 3.57. The van der Waals surface area contributed by atoms with Crippen LogP contribution in [0.15, 0.2) is 12.1 Å². The Bertz CT molecular complexity index is 1050. The summed E-state index contributed by atoms with van der Waals surface area (Å²) in [6, 6.07) is 4.49. The molecule has 0 radical (unpaired) electrons.